The second-order valence-corrected chi connectivity index (χ2v) is 6.22. The van der Waals surface area contributed by atoms with E-state index in [0.717, 1.165) is 21.9 Å². The molecule has 0 radical (unpaired) electrons. The molecule has 0 spiro atoms. The zero-order chi connectivity index (χ0) is 15.5. The highest BCUT2D eigenvalue weighted by Crippen LogP contribution is 2.36. The summed E-state index contributed by atoms with van der Waals surface area (Å²) in [5.74, 6) is 1.42. The highest BCUT2D eigenvalue weighted by molar-refractivity contribution is 7.17. The van der Waals surface area contributed by atoms with E-state index in [1.54, 1.807) is 0 Å². The Bertz CT molecular complexity index is 690. The average molecular weight is 355 g/mol. The third kappa shape index (κ3) is 3.96. The highest BCUT2D eigenvalue weighted by atomic mass is 35.5. The van der Waals surface area contributed by atoms with Crippen molar-refractivity contribution in [3.8, 4) is 21.9 Å². The molecule has 1 aliphatic heterocycles. The molecule has 2 heterocycles. The van der Waals surface area contributed by atoms with Crippen molar-refractivity contribution in [1.29, 1.82) is 0 Å². The number of nitrogens with two attached hydrogens (primary N) is 1. The molecular weight excluding hydrogens is 336 g/mol. The normalized spacial score (nSPS) is 13.8. The van der Waals surface area contributed by atoms with Crippen LogP contribution in [-0.4, -0.2) is 31.7 Å². The summed E-state index contributed by atoms with van der Waals surface area (Å²) >= 11 is 1.45. The Morgan fingerprint density at radius 3 is 2.74 bits per heavy atom. The van der Waals surface area contributed by atoms with Crippen LogP contribution in [0, 0.1) is 0 Å². The molecule has 1 amide bonds. The van der Waals surface area contributed by atoms with Gasteiger partial charge in [0.25, 0.3) is 5.91 Å². The summed E-state index contributed by atoms with van der Waals surface area (Å²) in [7, 11) is 0. The topological polar surface area (TPSA) is 73.6 Å². The van der Waals surface area contributed by atoms with E-state index in [1.165, 1.54) is 11.3 Å². The number of hydrogen-bond donors (Lipinski definition) is 2. The van der Waals surface area contributed by atoms with E-state index in [9.17, 15) is 4.79 Å². The number of benzene rings is 1. The van der Waals surface area contributed by atoms with Crippen LogP contribution in [0.3, 0.4) is 0 Å². The molecule has 5 nitrogen and oxygen atoms in total. The molecule has 1 aliphatic rings. The first-order chi connectivity index (χ1) is 10.7. The summed E-state index contributed by atoms with van der Waals surface area (Å²) < 4.78 is 11.1. The Morgan fingerprint density at radius 2 is 2.00 bits per heavy atom. The lowest BCUT2D eigenvalue weighted by atomic mass is 10.1. The van der Waals surface area contributed by atoms with E-state index in [0.29, 0.717) is 24.6 Å². The molecule has 0 bridgehead atoms. The Balaban J connectivity index is 0.00000192. The molecule has 0 aliphatic carbocycles. The van der Waals surface area contributed by atoms with Crippen molar-refractivity contribution < 1.29 is 14.3 Å². The van der Waals surface area contributed by atoms with Crippen LogP contribution in [0.4, 0.5) is 0 Å². The van der Waals surface area contributed by atoms with Crippen molar-refractivity contribution in [2.24, 2.45) is 5.73 Å². The van der Waals surface area contributed by atoms with Gasteiger partial charge in [-0.2, -0.15) is 0 Å². The van der Waals surface area contributed by atoms with Crippen LogP contribution in [-0.2, 0) is 0 Å². The van der Waals surface area contributed by atoms with E-state index in [2.05, 4.69) is 5.32 Å². The third-order valence-corrected chi connectivity index (χ3v) is 4.52. The molecule has 1 aromatic carbocycles. The minimum atomic E-state index is -0.0910. The zero-order valence-electron chi connectivity index (χ0n) is 12.7. The molecule has 7 heteroatoms. The van der Waals surface area contributed by atoms with Crippen LogP contribution < -0.4 is 20.5 Å². The molecular formula is C16H19ClN2O3S. The van der Waals surface area contributed by atoms with Crippen LogP contribution in [0.1, 0.15) is 16.6 Å². The fourth-order valence-corrected chi connectivity index (χ4v) is 3.07. The highest BCUT2D eigenvalue weighted by Gasteiger charge is 2.15. The van der Waals surface area contributed by atoms with Gasteiger partial charge in [0.15, 0.2) is 11.5 Å². The molecule has 1 aromatic heterocycles. The van der Waals surface area contributed by atoms with Crippen LogP contribution in [0.25, 0.3) is 10.4 Å². The predicted octanol–water partition coefficient (Wildman–Crippen LogP) is 2.69. The van der Waals surface area contributed by atoms with Crippen molar-refractivity contribution >= 4 is 29.7 Å². The lowest BCUT2D eigenvalue weighted by molar-refractivity contribution is 0.0945. The summed E-state index contributed by atoms with van der Waals surface area (Å²) in [5.41, 5.74) is 6.54. The van der Waals surface area contributed by atoms with E-state index in [-0.39, 0.29) is 24.4 Å². The van der Waals surface area contributed by atoms with Gasteiger partial charge in [-0.05, 0) is 42.8 Å². The molecule has 0 unspecified atom stereocenters. The minimum absolute atomic E-state index is 0. The van der Waals surface area contributed by atoms with Crippen LogP contribution in [0.5, 0.6) is 11.5 Å². The first-order valence-corrected chi connectivity index (χ1v) is 8.00. The second-order valence-electron chi connectivity index (χ2n) is 5.13. The first-order valence-electron chi connectivity index (χ1n) is 7.18. The lowest BCUT2D eigenvalue weighted by Gasteiger charge is -2.18. The van der Waals surface area contributed by atoms with Gasteiger partial charge >= 0.3 is 0 Å². The number of thiophene rings is 1. The SMILES string of the molecule is C[C@@H](CN)NC(=O)c1ccc(-c2ccc3c(c2)OCCO3)s1.Cl. The number of nitrogens with one attached hydrogen (secondary N) is 1. The minimum Gasteiger partial charge on any atom is -0.486 e. The molecule has 2 aromatic rings. The number of amides is 1. The molecule has 0 fully saturated rings. The molecule has 0 saturated carbocycles. The number of halogens is 1. The van der Waals surface area contributed by atoms with E-state index >= 15 is 0 Å². The number of fused-ring (bicyclic) bond motifs is 1. The van der Waals surface area contributed by atoms with Crippen molar-refractivity contribution in [2.75, 3.05) is 19.8 Å². The largest absolute Gasteiger partial charge is 0.486 e. The predicted molar refractivity (Wildman–Crippen MR) is 94.0 cm³/mol. The smallest absolute Gasteiger partial charge is 0.261 e. The van der Waals surface area contributed by atoms with E-state index in [4.69, 9.17) is 15.2 Å². The summed E-state index contributed by atoms with van der Waals surface area (Å²) in [6.45, 7) is 3.44. The van der Waals surface area contributed by atoms with Gasteiger partial charge in [-0.15, -0.1) is 23.7 Å². The summed E-state index contributed by atoms with van der Waals surface area (Å²) in [6, 6.07) is 9.56. The monoisotopic (exact) mass is 354 g/mol. The fraction of sp³-hybridized carbons (Fsp3) is 0.312. The zero-order valence-corrected chi connectivity index (χ0v) is 14.3. The first kappa shape index (κ1) is 17.6. The number of rotatable bonds is 4. The number of carbonyl (C=O) groups excluding carboxylic acids is 1. The van der Waals surface area contributed by atoms with Gasteiger partial charge in [0, 0.05) is 17.5 Å². The van der Waals surface area contributed by atoms with Gasteiger partial charge in [0.2, 0.25) is 0 Å². The maximum absolute atomic E-state index is 12.1. The molecule has 3 N–H and O–H groups in total. The van der Waals surface area contributed by atoms with Crippen LogP contribution in [0.2, 0.25) is 0 Å². The Labute approximate surface area is 145 Å². The molecule has 1 atom stereocenters. The van der Waals surface area contributed by atoms with Crippen molar-refractivity contribution in [3.05, 3.63) is 35.2 Å². The molecule has 124 valence electrons. The van der Waals surface area contributed by atoms with E-state index in [1.807, 2.05) is 37.3 Å². The number of ether oxygens (including phenoxy) is 2. The summed E-state index contributed by atoms with van der Waals surface area (Å²) in [5, 5.41) is 2.86. The Hall–Kier alpha value is -1.76. The van der Waals surface area contributed by atoms with Crippen LogP contribution >= 0.6 is 23.7 Å². The lowest BCUT2D eigenvalue weighted by Crippen LogP contribution is -2.37. The number of hydrogen-bond acceptors (Lipinski definition) is 5. The van der Waals surface area contributed by atoms with Gasteiger partial charge in [-0.1, -0.05) is 0 Å². The van der Waals surface area contributed by atoms with Gasteiger partial charge in [-0.25, -0.2) is 0 Å². The fourth-order valence-electron chi connectivity index (χ4n) is 2.17. The second kappa shape index (κ2) is 7.68. The van der Waals surface area contributed by atoms with E-state index < -0.39 is 0 Å². The third-order valence-electron chi connectivity index (χ3n) is 3.39. The van der Waals surface area contributed by atoms with Gasteiger partial charge in [0.05, 0.1) is 4.88 Å². The standard InChI is InChI=1S/C16H18N2O3S.ClH/c1-10(9-17)18-16(19)15-5-4-14(22-15)11-2-3-12-13(8-11)21-7-6-20-12;/h2-5,8,10H,6-7,9,17H2,1H3,(H,18,19);1H/t10-;/m0./s1. The maximum atomic E-state index is 12.1. The molecule has 23 heavy (non-hydrogen) atoms. The van der Waals surface area contributed by atoms with Crippen molar-refractivity contribution in [2.45, 2.75) is 13.0 Å². The van der Waals surface area contributed by atoms with Gasteiger partial charge in [0.1, 0.15) is 13.2 Å². The summed E-state index contributed by atoms with van der Waals surface area (Å²) in [6.07, 6.45) is 0. The quantitative estimate of drug-likeness (QED) is 0.885. The van der Waals surface area contributed by atoms with Crippen molar-refractivity contribution in [1.82, 2.24) is 5.32 Å². The Kier molecular flexibility index (Phi) is 5.87. The summed E-state index contributed by atoms with van der Waals surface area (Å²) in [4.78, 5) is 13.8. The van der Waals surface area contributed by atoms with Crippen molar-refractivity contribution in [3.63, 3.8) is 0 Å². The number of carbonyl (C=O) groups is 1. The molecule has 3 rings (SSSR count). The van der Waals surface area contributed by atoms with Gasteiger partial charge in [-0.3, -0.25) is 4.79 Å². The average Bonchev–Trinajstić information content (AvgIpc) is 3.04. The van der Waals surface area contributed by atoms with Gasteiger partial charge < -0.3 is 20.5 Å². The van der Waals surface area contributed by atoms with Crippen LogP contribution in [0.15, 0.2) is 30.3 Å². The Morgan fingerprint density at radius 1 is 1.26 bits per heavy atom. The molecule has 0 saturated heterocycles. The maximum Gasteiger partial charge on any atom is 0.261 e.